The second-order valence-electron chi connectivity index (χ2n) is 3.50. The summed E-state index contributed by atoms with van der Waals surface area (Å²) in [6.07, 6.45) is 3.38. The van der Waals surface area contributed by atoms with Gasteiger partial charge < -0.3 is 15.8 Å². The van der Waals surface area contributed by atoms with E-state index in [1.807, 2.05) is 18.2 Å². The van der Waals surface area contributed by atoms with E-state index in [1.54, 1.807) is 25.6 Å². The lowest BCUT2D eigenvalue weighted by Gasteiger charge is -2.08. The first-order valence-corrected chi connectivity index (χ1v) is 5.23. The van der Waals surface area contributed by atoms with Gasteiger partial charge in [-0.1, -0.05) is 6.07 Å². The topological polar surface area (TPSA) is 73.1 Å². The molecule has 0 aliphatic heterocycles. The molecule has 1 heterocycles. The summed E-state index contributed by atoms with van der Waals surface area (Å²) in [5.41, 5.74) is 7.49. The fourth-order valence-electron chi connectivity index (χ4n) is 1.47. The van der Waals surface area contributed by atoms with Crippen LogP contribution in [0.1, 0.15) is 5.56 Å². The van der Waals surface area contributed by atoms with Gasteiger partial charge in [0.1, 0.15) is 5.75 Å². The Hall–Kier alpha value is -2.30. The van der Waals surface area contributed by atoms with Crippen LogP contribution in [0.4, 0.5) is 11.6 Å². The van der Waals surface area contributed by atoms with Crippen LogP contribution in [0.3, 0.4) is 0 Å². The number of ether oxygens (including phenoxy) is 1. The van der Waals surface area contributed by atoms with Crippen LogP contribution in [0.15, 0.2) is 36.7 Å². The molecule has 0 atom stereocenters. The minimum Gasteiger partial charge on any atom is -0.495 e. The number of anilines is 2. The number of hydrogen-bond donors (Lipinski definition) is 2. The summed E-state index contributed by atoms with van der Waals surface area (Å²) in [5, 5.41) is 3.11. The zero-order valence-electron chi connectivity index (χ0n) is 9.55. The number of aromatic nitrogens is 2. The highest BCUT2D eigenvalue weighted by atomic mass is 16.5. The van der Waals surface area contributed by atoms with Crippen molar-refractivity contribution in [2.45, 2.75) is 6.54 Å². The Kier molecular flexibility index (Phi) is 3.40. The molecule has 88 valence electrons. The Bertz CT molecular complexity index is 487. The van der Waals surface area contributed by atoms with Crippen molar-refractivity contribution in [3.05, 3.63) is 42.2 Å². The second-order valence-corrected chi connectivity index (χ2v) is 3.50. The normalized spacial score (nSPS) is 9.94. The minimum absolute atomic E-state index is 0.599. The molecule has 0 amide bonds. The van der Waals surface area contributed by atoms with Gasteiger partial charge in [-0.25, -0.2) is 9.97 Å². The summed E-state index contributed by atoms with van der Waals surface area (Å²) >= 11 is 0. The van der Waals surface area contributed by atoms with Crippen LogP contribution < -0.4 is 15.8 Å². The maximum absolute atomic E-state index is 5.82. The molecule has 1 aromatic carbocycles. The van der Waals surface area contributed by atoms with Gasteiger partial charge in [0.05, 0.1) is 12.8 Å². The lowest BCUT2D eigenvalue weighted by molar-refractivity contribution is 0.417. The smallest absolute Gasteiger partial charge is 0.222 e. The molecule has 0 fully saturated rings. The van der Waals surface area contributed by atoms with Crippen molar-refractivity contribution in [2.24, 2.45) is 0 Å². The third-order valence-corrected chi connectivity index (χ3v) is 2.31. The van der Waals surface area contributed by atoms with Crippen molar-refractivity contribution in [3.8, 4) is 5.75 Å². The second kappa shape index (κ2) is 5.16. The van der Waals surface area contributed by atoms with Gasteiger partial charge in [-0.15, -0.1) is 0 Å². The van der Waals surface area contributed by atoms with Crippen LogP contribution in [0.2, 0.25) is 0 Å². The molecule has 5 heteroatoms. The van der Waals surface area contributed by atoms with Gasteiger partial charge in [0.25, 0.3) is 0 Å². The van der Waals surface area contributed by atoms with Crippen molar-refractivity contribution in [3.63, 3.8) is 0 Å². The number of hydrogen-bond acceptors (Lipinski definition) is 5. The fraction of sp³-hybridized carbons (Fsp3) is 0.167. The van der Waals surface area contributed by atoms with Crippen molar-refractivity contribution in [1.29, 1.82) is 0 Å². The van der Waals surface area contributed by atoms with Crippen molar-refractivity contribution < 1.29 is 4.74 Å². The molecule has 17 heavy (non-hydrogen) atoms. The summed E-state index contributed by atoms with van der Waals surface area (Å²) < 4.78 is 5.09. The molecule has 3 N–H and O–H groups in total. The van der Waals surface area contributed by atoms with Crippen LogP contribution in [0.25, 0.3) is 0 Å². The largest absolute Gasteiger partial charge is 0.495 e. The van der Waals surface area contributed by atoms with Gasteiger partial charge >= 0.3 is 0 Å². The van der Waals surface area contributed by atoms with Crippen molar-refractivity contribution in [2.75, 3.05) is 18.2 Å². The number of nitrogen functional groups attached to an aromatic ring is 1. The van der Waals surface area contributed by atoms with E-state index in [4.69, 9.17) is 10.5 Å². The molecule has 0 bridgehead atoms. The molecule has 0 saturated carbocycles. The summed E-state index contributed by atoms with van der Waals surface area (Å²) in [6.45, 7) is 0.623. The number of nitrogens with two attached hydrogens (primary N) is 1. The first-order valence-electron chi connectivity index (χ1n) is 5.23. The molecule has 0 saturated heterocycles. The molecule has 0 aliphatic rings. The van der Waals surface area contributed by atoms with E-state index in [1.165, 1.54) is 0 Å². The first-order chi connectivity index (χ1) is 8.29. The Morgan fingerprint density at radius 3 is 2.71 bits per heavy atom. The lowest BCUT2D eigenvalue weighted by atomic mass is 10.2. The Morgan fingerprint density at radius 2 is 2.06 bits per heavy atom. The number of rotatable bonds is 4. The Balaban J connectivity index is 2.02. The molecular formula is C12H14N4O. The monoisotopic (exact) mass is 230 g/mol. The van der Waals surface area contributed by atoms with Crippen LogP contribution in [0, 0.1) is 0 Å². The van der Waals surface area contributed by atoms with Gasteiger partial charge in [-0.2, -0.15) is 0 Å². The number of benzene rings is 1. The van der Waals surface area contributed by atoms with Gasteiger partial charge in [0.2, 0.25) is 5.95 Å². The summed E-state index contributed by atoms with van der Waals surface area (Å²) in [6, 6.07) is 7.44. The highest BCUT2D eigenvalue weighted by molar-refractivity contribution is 5.54. The molecule has 0 aliphatic carbocycles. The molecular weight excluding hydrogens is 216 g/mol. The molecule has 1 aromatic heterocycles. The zero-order valence-corrected chi connectivity index (χ0v) is 9.55. The van der Waals surface area contributed by atoms with Crippen LogP contribution in [-0.4, -0.2) is 17.1 Å². The SMILES string of the molecule is COc1ccc(CNc2ncccn2)cc1N. The van der Waals surface area contributed by atoms with E-state index in [9.17, 15) is 0 Å². The van der Waals surface area contributed by atoms with Crippen molar-refractivity contribution in [1.82, 2.24) is 9.97 Å². The molecule has 0 unspecified atom stereocenters. The molecule has 0 radical (unpaired) electrons. The highest BCUT2D eigenvalue weighted by Crippen LogP contribution is 2.22. The van der Waals surface area contributed by atoms with Gasteiger partial charge in [-0.05, 0) is 23.8 Å². The lowest BCUT2D eigenvalue weighted by Crippen LogP contribution is -2.03. The molecule has 2 rings (SSSR count). The maximum Gasteiger partial charge on any atom is 0.222 e. The van der Waals surface area contributed by atoms with E-state index < -0.39 is 0 Å². The minimum atomic E-state index is 0.599. The average molecular weight is 230 g/mol. The fourth-order valence-corrected chi connectivity index (χ4v) is 1.47. The van der Waals surface area contributed by atoms with E-state index in [2.05, 4.69) is 15.3 Å². The Labute approximate surface area is 99.7 Å². The number of methoxy groups -OCH3 is 1. The van der Waals surface area contributed by atoms with Gasteiger partial charge in [0.15, 0.2) is 0 Å². The van der Waals surface area contributed by atoms with E-state index in [-0.39, 0.29) is 0 Å². The van der Waals surface area contributed by atoms with Crippen LogP contribution in [-0.2, 0) is 6.54 Å². The maximum atomic E-state index is 5.82. The molecule has 0 spiro atoms. The summed E-state index contributed by atoms with van der Waals surface area (Å²) in [4.78, 5) is 8.14. The summed E-state index contributed by atoms with van der Waals surface area (Å²) in [5.74, 6) is 1.28. The zero-order chi connectivity index (χ0) is 12.1. The molecule has 2 aromatic rings. The standard InChI is InChI=1S/C12H14N4O/c1-17-11-4-3-9(7-10(11)13)8-16-12-14-5-2-6-15-12/h2-7H,8,13H2,1H3,(H,14,15,16). The first kappa shape index (κ1) is 11.2. The quantitative estimate of drug-likeness (QED) is 0.782. The third kappa shape index (κ3) is 2.84. The van der Waals surface area contributed by atoms with Gasteiger partial charge in [0, 0.05) is 18.9 Å². The predicted octanol–water partition coefficient (Wildman–Crippen LogP) is 1.68. The van der Waals surface area contributed by atoms with E-state index in [0.29, 0.717) is 23.9 Å². The number of nitrogens with zero attached hydrogens (tertiary/aromatic N) is 2. The Morgan fingerprint density at radius 1 is 1.29 bits per heavy atom. The van der Waals surface area contributed by atoms with E-state index >= 15 is 0 Å². The predicted molar refractivity (Wildman–Crippen MR) is 66.8 cm³/mol. The van der Waals surface area contributed by atoms with Crippen molar-refractivity contribution >= 4 is 11.6 Å². The van der Waals surface area contributed by atoms with Crippen LogP contribution in [0.5, 0.6) is 5.75 Å². The average Bonchev–Trinajstić information content (AvgIpc) is 2.38. The number of nitrogens with one attached hydrogen (secondary N) is 1. The molecule has 5 nitrogen and oxygen atoms in total. The highest BCUT2D eigenvalue weighted by Gasteiger charge is 2.01. The third-order valence-electron chi connectivity index (χ3n) is 2.31. The van der Waals surface area contributed by atoms with Crippen LogP contribution >= 0.6 is 0 Å². The summed E-state index contributed by atoms with van der Waals surface area (Å²) in [7, 11) is 1.60. The van der Waals surface area contributed by atoms with Gasteiger partial charge in [-0.3, -0.25) is 0 Å². The van der Waals surface area contributed by atoms with E-state index in [0.717, 1.165) is 5.56 Å².